The molecule has 0 bridgehead atoms. The number of carbonyl (C=O) groups excluding carboxylic acids is 1. The molecule has 8 heteroatoms. The third-order valence-electron chi connectivity index (χ3n) is 3.70. The minimum Gasteiger partial charge on any atom is -0.433 e. The van der Waals surface area contributed by atoms with Crippen molar-refractivity contribution in [2.75, 3.05) is 10.8 Å². The van der Waals surface area contributed by atoms with E-state index in [0.29, 0.717) is 5.56 Å². The maximum absolute atomic E-state index is 12.7. The topological polar surface area (TPSA) is 58.2 Å². The van der Waals surface area contributed by atoms with Gasteiger partial charge in [-0.3, -0.25) is 9.89 Å². The summed E-state index contributed by atoms with van der Waals surface area (Å²) >= 11 is 5.72. The number of carbonyl (C=O) groups is 1. The molecule has 130 valence electrons. The number of rotatable bonds is 6. The maximum Gasteiger partial charge on any atom is 0.387 e. The number of aromatic amines is 1. The van der Waals surface area contributed by atoms with Crippen LogP contribution in [0.2, 0.25) is 0 Å². The zero-order valence-electron chi connectivity index (χ0n) is 13.6. The second-order valence-electron chi connectivity index (χ2n) is 5.33. The van der Waals surface area contributed by atoms with E-state index in [1.165, 1.54) is 11.0 Å². The van der Waals surface area contributed by atoms with Crippen LogP contribution in [0.5, 0.6) is 5.75 Å². The standard InChI is InChI=1S/C16H18ClF2N3O2/c1-9-5-4-6-13(24-16(18)19)15(9)22(14(23)7-17)8-12-10(2)20-21-11(12)3/h4-6,16H,7-8H2,1-3H3,(H,20,21). The largest absolute Gasteiger partial charge is 0.433 e. The van der Waals surface area contributed by atoms with Crippen LogP contribution >= 0.6 is 11.6 Å². The smallest absolute Gasteiger partial charge is 0.387 e. The van der Waals surface area contributed by atoms with Crippen molar-refractivity contribution < 1.29 is 18.3 Å². The summed E-state index contributed by atoms with van der Waals surface area (Å²) in [7, 11) is 0. The lowest BCUT2D eigenvalue weighted by molar-refractivity contribution is -0.116. The van der Waals surface area contributed by atoms with Crippen LogP contribution in [-0.2, 0) is 11.3 Å². The van der Waals surface area contributed by atoms with Crippen molar-refractivity contribution in [1.82, 2.24) is 10.2 Å². The van der Waals surface area contributed by atoms with E-state index < -0.39 is 12.5 Å². The van der Waals surface area contributed by atoms with Gasteiger partial charge < -0.3 is 9.64 Å². The SMILES string of the molecule is Cc1cccc(OC(F)F)c1N(Cc1c(C)n[nH]c1C)C(=O)CCl. The summed E-state index contributed by atoms with van der Waals surface area (Å²) in [5.74, 6) is -0.759. The van der Waals surface area contributed by atoms with Crippen molar-refractivity contribution in [3.63, 3.8) is 0 Å². The molecule has 1 N–H and O–H groups in total. The minimum atomic E-state index is -2.99. The molecule has 0 radical (unpaired) electrons. The molecular formula is C16H18ClF2N3O2. The zero-order valence-corrected chi connectivity index (χ0v) is 14.3. The van der Waals surface area contributed by atoms with Gasteiger partial charge in [-0.15, -0.1) is 11.6 Å². The second kappa shape index (κ2) is 7.61. The molecule has 0 fully saturated rings. The molecule has 2 rings (SSSR count). The monoisotopic (exact) mass is 357 g/mol. The third-order valence-corrected chi connectivity index (χ3v) is 3.93. The molecule has 0 saturated carbocycles. The Morgan fingerprint density at radius 1 is 1.38 bits per heavy atom. The molecule has 0 atom stereocenters. The maximum atomic E-state index is 12.7. The number of anilines is 1. The van der Waals surface area contributed by atoms with Crippen molar-refractivity contribution in [3.05, 3.63) is 40.7 Å². The number of aryl methyl sites for hydroxylation is 3. The molecule has 0 saturated heterocycles. The number of nitrogens with zero attached hydrogens (tertiary/aromatic N) is 2. The van der Waals surface area contributed by atoms with Crippen molar-refractivity contribution in [2.24, 2.45) is 0 Å². The van der Waals surface area contributed by atoms with Gasteiger partial charge in [-0.1, -0.05) is 12.1 Å². The van der Waals surface area contributed by atoms with Crippen LogP contribution in [0.4, 0.5) is 14.5 Å². The molecule has 0 aliphatic carbocycles. The van der Waals surface area contributed by atoms with Gasteiger partial charge in [0.05, 0.1) is 17.9 Å². The van der Waals surface area contributed by atoms with Crippen LogP contribution in [0, 0.1) is 20.8 Å². The highest BCUT2D eigenvalue weighted by Crippen LogP contribution is 2.35. The lowest BCUT2D eigenvalue weighted by atomic mass is 10.1. The fourth-order valence-electron chi connectivity index (χ4n) is 2.50. The molecule has 1 aromatic heterocycles. The third kappa shape index (κ3) is 3.84. The van der Waals surface area contributed by atoms with E-state index in [-0.39, 0.29) is 23.9 Å². The molecule has 1 heterocycles. The molecule has 5 nitrogen and oxygen atoms in total. The summed E-state index contributed by atoms with van der Waals surface area (Å²) in [4.78, 5) is 13.7. The molecule has 24 heavy (non-hydrogen) atoms. The number of nitrogens with one attached hydrogen (secondary N) is 1. The van der Waals surface area contributed by atoms with E-state index in [1.807, 2.05) is 6.92 Å². The predicted octanol–water partition coefficient (Wildman–Crippen LogP) is 3.71. The summed E-state index contributed by atoms with van der Waals surface area (Å²) in [6.07, 6.45) is 0. The first-order valence-corrected chi connectivity index (χ1v) is 7.79. The Hall–Kier alpha value is -2.15. The first-order valence-electron chi connectivity index (χ1n) is 7.26. The number of hydrogen-bond donors (Lipinski definition) is 1. The number of amides is 1. The second-order valence-corrected chi connectivity index (χ2v) is 5.59. The molecule has 0 aliphatic rings. The van der Waals surface area contributed by atoms with Crippen LogP contribution < -0.4 is 9.64 Å². The molecule has 0 aliphatic heterocycles. The summed E-state index contributed by atoms with van der Waals surface area (Å²) in [6, 6.07) is 4.71. The Morgan fingerprint density at radius 3 is 2.62 bits per heavy atom. The summed E-state index contributed by atoms with van der Waals surface area (Å²) in [5, 5.41) is 6.93. The number of benzene rings is 1. The molecule has 1 aromatic carbocycles. The fraction of sp³-hybridized carbons (Fsp3) is 0.375. The van der Waals surface area contributed by atoms with Gasteiger partial charge in [0.15, 0.2) is 0 Å². The minimum absolute atomic E-state index is 0.0673. The number of aromatic nitrogens is 2. The van der Waals surface area contributed by atoms with E-state index in [2.05, 4.69) is 14.9 Å². The van der Waals surface area contributed by atoms with E-state index in [0.717, 1.165) is 17.0 Å². The number of ether oxygens (including phenoxy) is 1. The highest BCUT2D eigenvalue weighted by molar-refractivity contribution is 6.29. The van der Waals surface area contributed by atoms with Gasteiger partial charge in [0.2, 0.25) is 5.91 Å². The number of H-pyrrole nitrogens is 1. The zero-order chi connectivity index (χ0) is 17.9. The summed E-state index contributed by atoms with van der Waals surface area (Å²) in [6.45, 7) is 2.52. The Balaban J connectivity index is 2.51. The molecule has 0 spiro atoms. The van der Waals surface area contributed by atoms with Gasteiger partial charge in [-0.2, -0.15) is 13.9 Å². The van der Waals surface area contributed by atoms with Crippen LogP contribution in [0.1, 0.15) is 22.5 Å². The predicted molar refractivity (Wildman–Crippen MR) is 87.8 cm³/mol. The first kappa shape index (κ1) is 18.2. The van der Waals surface area contributed by atoms with Gasteiger partial charge in [-0.25, -0.2) is 0 Å². The van der Waals surface area contributed by atoms with Crippen LogP contribution in [-0.4, -0.2) is 28.6 Å². The molecule has 0 unspecified atom stereocenters. The van der Waals surface area contributed by atoms with E-state index in [1.54, 1.807) is 26.0 Å². The Morgan fingerprint density at radius 2 is 2.08 bits per heavy atom. The first-order chi connectivity index (χ1) is 11.3. The van der Waals surface area contributed by atoms with Crippen LogP contribution in [0.15, 0.2) is 18.2 Å². The van der Waals surface area contributed by atoms with Gasteiger partial charge in [0.25, 0.3) is 0 Å². The van der Waals surface area contributed by atoms with Crippen molar-refractivity contribution in [2.45, 2.75) is 33.9 Å². The summed E-state index contributed by atoms with van der Waals surface area (Å²) < 4.78 is 30.0. The normalized spacial score (nSPS) is 11.0. The van der Waals surface area contributed by atoms with E-state index in [4.69, 9.17) is 11.6 Å². The average Bonchev–Trinajstić information content (AvgIpc) is 2.84. The number of halogens is 3. The quantitative estimate of drug-likeness (QED) is 0.802. The molecule has 1 amide bonds. The van der Waals surface area contributed by atoms with E-state index >= 15 is 0 Å². The van der Waals surface area contributed by atoms with E-state index in [9.17, 15) is 13.6 Å². The Labute approximate surface area is 143 Å². The lowest BCUT2D eigenvalue weighted by Crippen LogP contribution is -2.33. The summed E-state index contributed by atoms with van der Waals surface area (Å²) in [5.41, 5.74) is 3.24. The highest BCUT2D eigenvalue weighted by Gasteiger charge is 2.24. The van der Waals surface area contributed by atoms with Gasteiger partial charge in [0.1, 0.15) is 11.6 Å². The van der Waals surface area contributed by atoms with Crippen LogP contribution in [0.3, 0.4) is 0 Å². The van der Waals surface area contributed by atoms with Gasteiger partial charge in [-0.05, 0) is 32.4 Å². The molecular weight excluding hydrogens is 340 g/mol. The fourth-order valence-corrected chi connectivity index (χ4v) is 2.64. The lowest BCUT2D eigenvalue weighted by Gasteiger charge is -2.26. The molecule has 2 aromatic rings. The Bertz CT molecular complexity index is 715. The number of alkyl halides is 3. The van der Waals surface area contributed by atoms with Crippen molar-refractivity contribution in [1.29, 1.82) is 0 Å². The Kier molecular flexibility index (Phi) is 5.77. The van der Waals surface area contributed by atoms with Gasteiger partial charge >= 0.3 is 6.61 Å². The number of para-hydroxylation sites is 1. The van der Waals surface area contributed by atoms with Gasteiger partial charge in [0, 0.05) is 11.3 Å². The average molecular weight is 358 g/mol. The van der Waals surface area contributed by atoms with Crippen molar-refractivity contribution in [3.8, 4) is 5.75 Å². The van der Waals surface area contributed by atoms with Crippen molar-refractivity contribution >= 4 is 23.2 Å². The van der Waals surface area contributed by atoms with Crippen LogP contribution in [0.25, 0.3) is 0 Å². The highest BCUT2D eigenvalue weighted by atomic mass is 35.5. The number of hydrogen-bond acceptors (Lipinski definition) is 3.